The lowest BCUT2D eigenvalue weighted by molar-refractivity contribution is 0.101. The van der Waals surface area contributed by atoms with E-state index in [-0.39, 0.29) is 11.4 Å². The fraction of sp³-hybridized carbons (Fsp3) is 0.0500. The number of nitrogens with zero attached hydrogens (tertiary/aromatic N) is 2. The van der Waals surface area contributed by atoms with Gasteiger partial charge in [-0.3, -0.25) is 10.1 Å². The van der Waals surface area contributed by atoms with Crippen molar-refractivity contribution in [3.05, 3.63) is 71.5 Å². The zero-order valence-corrected chi connectivity index (χ0v) is 15.5. The van der Waals surface area contributed by atoms with Crippen molar-refractivity contribution < 1.29 is 18.4 Å². The average Bonchev–Trinajstić information content (AvgIpc) is 3.38. The first-order valence-corrected chi connectivity index (χ1v) is 9.15. The Labute approximate surface area is 163 Å². The van der Waals surface area contributed by atoms with Gasteiger partial charge in [-0.15, -0.1) is 11.3 Å². The average molecular weight is 395 g/mol. The van der Waals surface area contributed by atoms with Crippen LogP contribution in [0.2, 0.25) is 0 Å². The van der Waals surface area contributed by atoms with Crippen molar-refractivity contribution in [2.75, 3.05) is 12.4 Å². The number of thiazole rings is 1. The molecule has 6 nitrogen and oxygen atoms in total. The highest BCUT2D eigenvalue weighted by Crippen LogP contribution is 2.29. The molecule has 0 aliphatic carbocycles. The van der Waals surface area contributed by atoms with Crippen LogP contribution >= 0.6 is 11.3 Å². The number of aromatic nitrogens is 2. The summed E-state index contributed by atoms with van der Waals surface area (Å²) >= 11 is 1.23. The Balaban J connectivity index is 1.49. The lowest BCUT2D eigenvalue weighted by Gasteiger charge is -2.03. The van der Waals surface area contributed by atoms with Gasteiger partial charge < -0.3 is 9.26 Å². The van der Waals surface area contributed by atoms with Crippen LogP contribution < -0.4 is 10.1 Å². The zero-order chi connectivity index (χ0) is 19.5. The lowest BCUT2D eigenvalue weighted by Crippen LogP contribution is -2.11. The van der Waals surface area contributed by atoms with E-state index in [9.17, 15) is 9.18 Å². The number of methoxy groups -OCH3 is 1. The van der Waals surface area contributed by atoms with Crippen LogP contribution in [0.25, 0.3) is 22.6 Å². The SMILES string of the molecule is COc1ccc(-c2csc(NC(=O)c3cc(-c4ccccc4)on3)n2)cc1F. The highest BCUT2D eigenvalue weighted by atomic mass is 32.1. The number of hydrogen-bond donors (Lipinski definition) is 1. The van der Waals surface area contributed by atoms with E-state index in [0.29, 0.717) is 22.1 Å². The maximum atomic E-state index is 13.9. The minimum Gasteiger partial charge on any atom is -0.494 e. The molecule has 0 spiro atoms. The molecule has 140 valence electrons. The van der Waals surface area contributed by atoms with Crippen LogP contribution in [0.1, 0.15) is 10.5 Å². The van der Waals surface area contributed by atoms with Crippen molar-refractivity contribution in [3.63, 3.8) is 0 Å². The Hall–Kier alpha value is -3.52. The summed E-state index contributed by atoms with van der Waals surface area (Å²) in [6, 6.07) is 15.5. The maximum Gasteiger partial charge on any atom is 0.279 e. The summed E-state index contributed by atoms with van der Waals surface area (Å²) in [6.45, 7) is 0. The van der Waals surface area contributed by atoms with Crippen molar-refractivity contribution in [1.29, 1.82) is 0 Å². The van der Waals surface area contributed by atoms with E-state index in [0.717, 1.165) is 5.56 Å². The third kappa shape index (κ3) is 3.63. The molecule has 4 rings (SSSR count). The first kappa shape index (κ1) is 17.9. The van der Waals surface area contributed by atoms with Crippen LogP contribution in [0.3, 0.4) is 0 Å². The van der Waals surface area contributed by atoms with E-state index in [1.165, 1.54) is 30.6 Å². The molecular formula is C20H14FN3O3S. The molecule has 2 heterocycles. The summed E-state index contributed by atoms with van der Waals surface area (Å²) in [7, 11) is 1.40. The molecule has 0 saturated carbocycles. The summed E-state index contributed by atoms with van der Waals surface area (Å²) in [6.07, 6.45) is 0. The van der Waals surface area contributed by atoms with Gasteiger partial charge in [0.15, 0.2) is 28.2 Å². The van der Waals surface area contributed by atoms with Crippen LogP contribution in [0.15, 0.2) is 64.5 Å². The van der Waals surface area contributed by atoms with Gasteiger partial charge in [0.2, 0.25) is 0 Å². The Morgan fingerprint density at radius 2 is 1.96 bits per heavy atom. The van der Waals surface area contributed by atoms with E-state index in [1.807, 2.05) is 30.3 Å². The van der Waals surface area contributed by atoms with Gasteiger partial charge in [-0.2, -0.15) is 0 Å². The van der Waals surface area contributed by atoms with Gasteiger partial charge in [-0.05, 0) is 18.2 Å². The molecule has 1 amide bonds. The zero-order valence-electron chi connectivity index (χ0n) is 14.7. The molecule has 1 N–H and O–H groups in total. The molecule has 2 aromatic heterocycles. The second-order valence-corrected chi connectivity index (χ2v) is 6.64. The number of rotatable bonds is 5. The highest BCUT2D eigenvalue weighted by molar-refractivity contribution is 7.14. The number of amides is 1. The minimum atomic E-state index is -0.477. The number of hydrogen-bond acceptors (Lipinski definition) is 6. The number of benzene rings is 2. The largest absolute Gasteiger partial charge is 0.494 e. The summed E-state index contributed by atoms with van der Waals surface area (Å²) in [5.74, 6) is -0.255. The number of nitrogens with one attached hydrogen (secondary N) is 1. The molecule has 2 aromatic carbocycles. The van der Waals surface area contributed by atoms with E-state index in [2.05, 4.69) is 15.5 Å². The number of anilines is 1. The normalized spacial score (nSPS) is 10.6. The molecule has 0 aliphatic heterocycles. The van der Waals surface area contributed by atoms with Gasteiger partial charge in [0.1, 0.15) is 0 Å². The van der Waals surface area contributed by atoms with Crippen LogP contribution in [0.5, 0.6) is 5.75 Å². The molecule has 28 heavy (non-hydrogen) atoms. The highest BCUT2D eigenvalue weighted by Gasteiger charge is 2.16. The second-order valence-electron chi connectivity index (χ2n) is 5.78. The summed E-state index contributed by atoms with van der Waals surface area (Å²) < 4.78 is 24.0. The molecule has 4 aromatic rings. The van der Waals surface area contributed by atoms with Gasteiger partial charge in [-0.25, -0.2) is 9.37 Å². The Bertz CT molecular complexity index is 1120. The Morgan fingerprint density at radius 1 is 1.14 bits per heavy atom. The monoisotopic (exact) mass is 395 g/mol. The smallest absolute Gasteiger partial charge is 0.279 e. The van der Waals surface area contributed by atoms with Crippen LogP contribution in [0.4, 0.5) is 9.52 Å². The quantitative estimate of drug-likeness (QED) is 0.522. The van der Waals surface area contributed by atoms with Crippen LogP contribution in [-0.2, 0) is 0 Å². The number of carbonyl (C=O) groups excluding carboxylic acids is 1. The minimum absolute atomic E-state index is 0.145. The van der Waals surface area contributed by atoms with Gasteiger partial charge in [0.25, 0.3) is 5.91 Å². The third-order valence-corrected chi connectivity index (χ3v) is 4.73. The first-order chi connectivity index (χ1) is 13.6. The predicted octanol–water partition coefficient (Wildman–Crippen LogP) is 4.87. The lowest BCUT2D eigenvalue weighted by atomic mass is 10.1. The van der Waals surface area contributed by atoms with E-state index < -0.39 is 11.7 Å². The Morgan fingerprint density at radius 3 is 2.71 bits per heavy atom. The van der Waals surface area contributed by atoms with Crippen molar-refractivity contribution >= 4 is 22.4 Å². The second kappa shape index (κ2) is 7.61. The summed E-state index contributed by atoms with van der Waals surface area (Å²) in [4.78, 5) is 16.7. The fourth-order valence-electron chi connectivity index (χ4n) is 2.57. The molecule has 0 unspecified atom stereocenters. The van der Waals surface area contributed by atoms with Crippen molar-refractivity contribution in [1.82, 2.24) is 10.1 Å². The van der Waals surface area contributed by atoms with E-state index >= 15 is 0 Å². The number of carbonyl (C=O) groups is 1. The molecule has 8 heteroatoms. The molecule has 0 radical (unpaired) electrons. The van der Waals surface area contributed by atoms with Crippen molar-refractivity contribution in [3.8, 4) is 28.3 Å². The molecule has 0 saturated heterocycles. The van der Waals surface area contributed by atoms with Crippen LogP contribution in [-0.4, -0.2) is 23.2 Å². The number of halogens is 1. The predicted molar refractivity (Wildman–Crippen MR) is 104 cm³/mol. The van der Waals surface area contributed by atoms with Crippen molar-refractivity contribution in [2.45, 2.75) is 0 Å². The van der Waals surface area contributed by atoms with Crippen molar-refractivity contribution in [2.24, 2.45) is 0 Å². The first-order valence-electron chi connectivity index (χ1n) is 8.27. The third-order valence-electron chi connectivity index (χ3n) is 3.97. The molecule has 0 bridgehead atoms. The van der Waals surface area contributed by atoms with Crippen LogP contribution in [0, 0.1) is 5.82 Å². The molecule has 0 aliphatic rings. The molecule has 0 atom stereocenters. The standard InChI is InChI=1S/C20H14FN3O3S/c1-26-17-8-7-13(9-14(17)21)16-11-28-20(22-16)23-19(25)15-10-18(27-24-15)12-5-3-2-4-6-12/h2-11H,1H3,(H,22,23,25). The van der Waals surface area contributed by atoms with E-state index in [4.69, 9.17) is 9.26 Å². The van der Waals surface area contributed by atoms with Gasteiger partial charge in [0.05, 0.1) is 12.8 Å². The molecule has 0 fully saturated rings. The molecular weight excluding hydrogens is 381 g/mol. The maximum absolute atomic E-state index is 13.9. The Kier molecular flexibility index (Phi) is 4.86. The number of ether oxygens (including phenoxy) is 1. The van der Waals surface area contributed by atoms with E-state index in [1.54, 1.807) is 17.5 Å². The summed E-state index contributed by atoms with van der Waals surface area (Å²) in [5.41, 5.74) is 2.10. The fourth-order valence-corrected chi connectivity index (χ4v) is 3.29. The summed E-state index contributed by atoms with van der Waals surface area (Å²) in [5, 5.41) is 8.60. The van der Waals surface area contributed by atoms with Gasteiger partial charge >= 0.3 is 0 Å². The van der Waals surface area contributed by atoms with Gasteiger partial charge in [-0.1, -0.05) is 35.5 Å². The van der Waals surface area contributed by atoms with Gasteiger partial charge in [0, 0.05) is 22.6 Å². The topological polar surface area (TPSA) is 77.2 Å².